The number of hydrogen-bond donors (Lipinski definition) is 0. The van der Waals surface area contributed by atoms with Crippen LogP contribution >= 0.6 is 34.4 Å². The lowest BCUT2D eigenvalue weighted by Gasteiger charge is -2.22. The molecule has 0 aliphatic heterocycles. The molecule has 0 aliphatic rings. The summed E-state index contributed by atoms with van der Waals surface area (Å²) in [6.45, 7) is 1.93. The minimum Gasteiger partial charge on any atom is -0.423 e. The van der Waals surface area contributed by atoms with E-state index in [-0.39, 0.29) is 0 Å². The van der Waals surface area contributed by atoms with Gasteiger partial charge in [0.05, 0.1) is 13.2 Å². The Kier molecular flexibility index (Phi) is 8.41. The van der Waals surface area contributed by atoms with Crippen molar-refractivity contribution in [1.82, 2.24) is 0 Å². The van der Waals surface area contributed by atoms with Crippen LogP contribution in [0.2, 0.25) is 0 Å². The lowest BCUT2D eigenvalue weighted by molar-refractivity contribution is 0.210. The second-order valence-corrected chi connectivity index (χ2v) is 8.16. The molecule has 0 atom stereocenters. The normalized spacial score (nSPS) is 12.5. The molecule has 0 radical (unpaired) electrons. The highest BCUT2D eigenvalue weighted by molar-refractivity contribution is 9.10. The van der Waals surface area contributed by atoms with Crippen molar-refractivity contribution in [2.45, 2.75) is 13.8 Å². The summed E-state index contributed by atoms with van der Waals surface area (Å²) in [6.07, 6.45) is 1.97. The largest absolute Gasteiger partial charge is 0.423 e. The van der Waals surface area contributed by atoms with E-state index in [4.69, 9.17) is 25.4 Å². The average molecular weight is 397 g/mol. The van der Waals surface area contributed by atoms with E-state index in [9.17, 15) is 0 Å². The third kappa shape index (κ3) is 5.88. The Hall–Kier alpha value is 0.160. The Bertz CT molecular complexity index is 481. The molecule has 0 amide bonds. The van der Waals surface area contributed by atoms with Crippen LogP contribution in [-0.4, -0.2) is 19.5 Å². The van der Waals surface area contributed by atoms with Crippen molar-refractivity contribution < 1.29 is 13.6 Å². The number of benzene rings is 1. The van der Waals surface area contributed by atoms with Gasteiger partial charge >= 0.3 is 6.72 Å². The highest BCUT2D eigenvalue weighted by atomic mass is 79.9. The second-order valence-electron chi connectivity index (χ2n) is 3.60. The molecular weight excluding hydrogens is 379 g/mol. The fraction of sp³-hybridized carbons (Fsp3) is 0.385. The molecule has 0 bridgehead atoms. The van der Waals surface area contributed by atoms with Crippen molar-refractivity contribution in [2.24, 2.45) is 0 Å². The third-order valence-corrected chi connectivity index (χ3v) is 5.54. The monoisotopic (exact) mass is 396 g/mol. The van der Waals surface area contributed by atoms with Crippen molar-refractivity contribution in [3.63, 3.8) is 0 Å². The molecule has 0 fully saturated rings. The van der Waals surface area contributed by atoms with Crippen LogP contribution in [0.15, 0.2) is 34.1 Å². The van der Waals surface area contributed by atoms with Crippen molar-refractivity contribution in [2.75, 3.05) is 19.5 Å². The lowest BCUT2D eigenvalue weighted by Crippen LogP contribution is -2.00. The Morgan fingerprint density at radius 2 is 1.80 bits per heavy atom. The predicted octanol–water partition coefficient (Wildman–Crippen LogP) is 5.42. The van der Waals surface area contributed by atoms with E-state index in [0.717, 1.165) is 10.0 Å². The summed E-state index contributed by atoms with van der Waals surface area (Å²) in [6, 6.07) is 7.84. The van der Waals surface area contributed by atoms with Gasteiger partial charge in [0.25, 0.3) is 0 Å². The summed E-state index contributed by atoms with van der Waals surface area (Å²) in [5.41, 5.74) is 0.941. The number of thioether (sulfide) groups is 1. The molecule has 1 aromatic rings. The summed E-state index contributed by atoms with van der Waals surface area (Å²) < 4.78 is 17.9. The van der Waals surface area contributed by atoms with E-state index in [1.165, 1.54) is 0 Å². The Morgan fingerprint density at radius 1 is 1.25 bits per heavy atom. The third-order valence-electron chi connectivity index (χ3n) is 2.14. The highest BCUT2D eigenvalue weighted by Gasteiger charge is 2.23. The molecule has 112 valence electrons. The maximum Gasteiger partial charge on any atom is 0.380 e. The van der Waals surface area contributed by atoms with E-state index >= 15 is 0 Å². The minimum atomic E-state index is -2.74. The molecule has 0 saturated carbocycles. The van der Waals surface area contributed by atoms with Gasteiger partial charge in [-0.15, -0.1) is 11.8 Å². The zero-order valence-electron chi connectivity index (χ0n) is 11.7. The SMILES string of the molecule is CCOP(=S)(OCC)O/C(=C\SC)c1ccc(Br)cc1. The standard InChI is InChI=1S/C13H18BrO3PS2/c1-4-15-18(19,16-5-2)17-13(10-20-3)11-6-8-12(14)9-7-11/h6-10H,4-5H2,1-3H3/b13-10-. The Morgan fingerprint density at radius 3 is 2.25 bits per heavy atom. The highest BCUT2D eigenvalue weighted by Crippen LogP contribution is 2.53. The van der Waals surface area contributed by atoms with Gasteiger partial charge in [-0.25, -0.2) is 0 Å². The molecule has 20 heavy (non-hydrogen) atoms. The molecule has 0 unspecified atom stereocenters. The molecule has 0 aliphatic carbocycles. The second kappa shape index (κ2) is 9.23. The quantitative estimate of drug-likeness (QED) is 0.431. The molecule has 3 nitrogen and oxygen atoms in total. The van der Waals surface area contributed by atoms with Crippen LogP contribution in [0.4, 0.5) is 0 Å². The summed E-state index contributed by atoms with van der Waals surface area (Å²) in [4.78, 5) is 0. The van der Waals surface area contributed by atoms with Crippen molar-refractivity contribution >= 4 is 52.0 Å². The van der Waals surface area contributed by atoms with Crippen LogP contribution < -0.4 is 0 Å². The zero-order chi connectivity index (χ0) is 15.0. The number of rotatable bonds is 8. The van der Waals surface area contributed by atoms with Crippen LogP contribution in [0.5, 0.6) is 0 Å². The molecule has 1 rings (SSSR count). The molecule has 7 heteroatoms. The Balaban J connectivity index is 3.00. The van der Waals surface area contributed by atoms with E-state index in [2.05, 4.69) is 15.9 Å². The summed E-state index contributed by atoms with van der Waals surface area (Å²) in [5, 5.41) is 1.91. The molecule has 1 aromatic carbocycles. The minimum absolute atomic E-state index is 0.462. The van der Waals surface area contributed by atoms with Gasteiger partial charge in [0.1, 0.15) is 5.76 Å². The molecule has 0 saturated heterocycles. The van der Waals surface area contributed by atoms with Gasteiger partial charge in [0.15, 0.2) is 0 Å². The van der Waals surface area contributed by atoms with E-state index in [0.29, 0.717) is 19.0 Å². The van der Waals surface area contributed by atoms with Crippen LogP contribution in [0, 0.1) is 0 Å². The van der Waals surface area contributed by atoms with Crippen LogP contribution in [0.1, 0.15) is 19.4 Å². The first-order chi connectivity index (χ1) is 9.54. The number of halogens is 1. The van der Waals surface area contributed by atoms with Crippen LogP contribution in [-0.2, 0) is 25.4 Å². The summed E-state index contributed by atoms with van der Waals surface area (Å²) >= 11 is 10.4. The van der Waals surface area contributed by atoms with Gasteiger partial charge in [-0.3, -0.25) is 9.05 Å². The van der Waals surface area contributed by atoms with E-state index in [1.54, 1.807) is 11.8 Å². The van der Waals surface area contributed by atoms with Gasteiger partial charge in [0.2, 0.25) is 0 Å². The molecular formula is C13H18BrO3PS2. The van der Waals surface area contributed by atoms with Crippen molar-refractivity contribution in [3.05, 3.63) is 39.7 Å². The molecule has 0 spiro atoms. The fourth-order valence-corrected chi connectivity index (χ4v) is 4.21. The zero-order valence-corrected chi connectivity index (χ0v) is 15.8. The van der Waals surface area contributed by atoms with Crippen molar-refractivity contribution in [3.8, 4) is 0 Å². The van der Waals surface area contributed by atoms with Gasteiger partial charge in [-0.05, 0) is 32.2 Å². The number of hydrogen-bond acceptors (Lipinski definition) is 5. The van der Waals surface area contributed by atoms with Crippen LogP contribution in [0.25, 0.3) is 5.76 Å². The van der Waals surface area contributed by atoms with E-state index < -0.39 is 6.72 Å². The lowest BCUT2D eigenvalue weighted by atomic mass is 10.2. The molecule has 0 N–H and O–H groups in total. The average Bonchev–Trinajstić information content (AvgIpc) is 2.39. The smallest absolute Gasteiger partial charge is 0.380 e. The maximum atomic E-state index is 5.89. The van der Waals surface area contributed by atoms with Gasteiger partial charge in [-0.2, -0.15) is 0 Å². The fourth-order valence-electron chi connectivity index (χ4n) is 1.39. The van der Waals surface area contributed by atoms with E-state index in [1.807, 2.05) is 49.8 Å². The molecule has 0 heterocycles. The topological polar surface area (TPSA) is 27.7 Å². The first-order valence-electron chi connectivity index (χ1n) is 6.12. The van der Waals surface area contributed by atoms with Crippen molar-refractivity contribution in [1.29, 1.82) is 0 Å². The predicted molar refractivity (Wildman–Crippen MR) is 94.3 cm³/mol. The van der Waals surface area contributed by atoms with Crippen LogP contribution in [0.3, 0.4) is 0 Å². The van der Waals surface area contributed by atoms with Gasteiger partial charge < -0.3 is 4.52 Å². The molecule has 0 aromatic heterocycles. The first kappa shape index (κ1) is 18.2. The Labute approximate surface area is 138 Å². The summed E-state index contributed by atoms with van der Waals surface area (Å²) in [5.74, 6) is 0.676. The van der Waals surface area contributed by atoms with Gasteiger partial charge in [-0.1, -0.05) is 28.1 Å². The summed E-state index contributed by atoms with van der Waals surface area (Å²) in [7, 11) is 0. The maximum absolute atomic E-state index is 5.89. The first-order valence-corrected chi connectivity index (χ1v) is 10.8. The van der Waals surface area contributed by atoms with Gasteiger partial charge in [0, 0.05) is 27.3 Å².